The van der Waals surface area contributed by atoms with Crippen LogP contribution in [0.25, 0.3) is 0 Å². The zero-order valence-electron chi connectivity index (χ0n) is 12.0. The Morgan fingerprint density at radius 2 is 1.85 bits per heavy atom. The maximum absolute atomic E-state index is 5.92. The molecule has 20 heavy (non-hydrogen) atoms. The maximum atomic E-state index is 5.92. The minimum absolute atomic E-state index is 0.121. The van der Waals surface area contributed by atoms with Gasteiger partial charge < -0.3 is 18.9 Å². The Kier molecular flexibility index (Phi) is 5.21. The van der Waals surface area contributed by atoms with Crippen molar-refractivity contribution < 1.29 is 18.9 Å². The van der Waals surface area contributed by atoms with Crippen molar-refractivity contribution in [3.05, 3.63) is 59.8 Å². The minimum Gasteiger partial charge on any atom is -0.489 e. The van der Waals surface area contributed by atoms with Gasteiger partial charge in [-0.2, -0.15) is 0 Å². The first-order chi connectivity index (χ1) is 9.76. The number of rotatable bonds is 6. The lowest BCUT2D eigenvalue weighted by Crippen LogP contribution is -2.23. The highest BCUT2D eigenvalue weighted by Gasteiger charge is 2.26. The van der Waals surface area contributed by atoms with Crippen molar-refractivity contribution in [3.63, 3.8) is 0 Å². The molecule has 0 N–H and O–H groups in total. The topological polar surface area (TPSA) is 36.9 Å². The third-order valence-electron chi connectivity index (χ3n) is 3.10. The van der Waals surface area contributed by atoms with Crippen LogP contribution in [0, 0.1) is 5.92 Å². The summed E-state index contributed by atoms with van der Waals surface area (Å²) in [4.78, 5) is 0. The molecule has 1 unspecified atom stereocenters. The molecule has 0 saturated carbocycles. The summed E-state index contributed by atoms with van der Waals surface area (Å²) in [6.45, 7) is 2.53. The lowest BCUT2D eigenvalue weighted by Gasteiger charge is -2.25. The SMILES string of the molecule is COC(OC)C1=C(OCc2ccccc2)C(C)C=CO1. The highest BCUT2D eigenvalue weighted by atomic mass is 16.7. The molecule has 1 aromatic carbocycles. The summed E-state index contributed by atoms with van der Waals surface area (Å²) in [6, 6.07) is 10.0. The van der Waals surface area contributed by atoms with E-state index in [9.17, 15) is 0 Å². The third-order valence-corrected chi connectivity index (χ3v) is 3.10. The van der Waals surface area contributed by atoms with E-state index in [0.29, 0.717) is 12.4 Å². The Bertz CT molecular complexity index is 475. The molecule has 4 nitrogen and oxygen atoms in total. The first kappa shape index (κ1) is 14.6. The Hall–Kier alpha value is -1.78. The van der Waals surface area contributed by atoms with Gasteiger partial charge in [0.15, 0.2) is 5.76 Å². The van der Waals surface area contributed by atoms with Crippen LogP contribution in [0.3, 0.4) is 0 Å². The van der Waals surface area contributed by atoms with Crippen LogP contribution in [0.15, 0.2) is 54.2 Å². The van der Waals surface area contributed by atoms with Crippen LogP contribution in [0.1, 0.15) is 12.5 Å². The Morgan fingerprint density at radius 3 is 2.50 bits per heavy atom. The molecule has 0 bridgehead atoms. The quantitative estimate of drug-likeness (QED) is 0.748. The molecule has 108 valence electrons. The zero-order valence-corrected chi connectivity index (χ0v) is 12.0. The summed E-state index contributed by atoms with van der Waals surface area (Å²) in [6.07, 6.45) is 3.01. The van der Waals surface area contributed by atoms with Crippen molar-refractivity contribution in [2.24, 2.45) is 5.92 Å². The molecule has 0 radical (unpaired) electrons. The largest absolute Gasteiger partial charge is 0.489 e. The molecule has 1 heterocycles. The van der Waals surface area contributed by atoms with Gasteiger partial charge in [0.25, 0.3) is 0 Å². The van der Waals surface area contributed by atoms with Crippen molar-refractivity contribution in [1.82, 2.24) is 0 Å². The monoisotopic (exact) mass is 276 g/mol. The van der Waals surface area contributed by atoms with Crippen LogP contribution in [-0.2, 0) is 25.6 Å². The smallest absolute Gasteiger partial charge is 0.220 e. The fourth-order valence-electron chi connectivity index (χ4n) is 2.02. The fraction of sp³-hybridized carbons (Fsp3) is 0.375. The van der Waals surface area contributed by atoms with Gasteiger partial charge in [0.1, 0.15) is 12.4 Å². The summed E-state index contributed by atoms with van der Waals surface area (Å²) < 4.78 is 21.9. The molecule has 0 saturated heterocycles. The number of methoxy groups -OCH3 is 2. The summed E-state index contributed by atoms with van der Waals surface area (Å²) in [5, 5.41) is 0. The van der Waals surface area contributed by atoms with Crippen LogP contribution in [-0.4, -0.2) is 20.5 Å². The first-order valence-electron chi connectivity index (χ1n) is 6.56. The van der Waals surface area contributed by atoms with E-state index in [-0.39, 0.29) is 5.92 Å². The molecule has 2 rings (SSSR count). The molecule has 0 aliphatic carbocycles. The first-order valence-corrected chi connectivity index (χ1v) is 6.56. The molecule has 0 fully saturated rings. The molecule has 1 aliphatic heterocycles. The number of hydrogen-bond donors (Lipinski definition) is 0. The maximum Gasteiger partial charge on any atom is 0.220 e. The van der Waals surface area contributed by atoms with E-state index < -0.39 is 6.29 Å². The molecule has 0 aromatic heterocycles. The van der Waals surface area contributed by atoms with Gasteiger partial charge in [-0.05, 0) is 11.6 Å². The molecule has 1 aromatic rings. The normalized spacial score (nSPS) is 18.3. The number of ether oxygens (including phenoxy) is 4. The van der Waals surface area contributed by atoms with E-state index in [2.05, 4.69) is 0 Å². The number of hydrogen-bond acceptors (Lipinski definition) is 4. The molecule has 4 heteroatoms. The van der Waals surface area contributed by atoms with Crippen molar-refractivity contribution in [2.75, 3.05) is 14.2 Å². The van der Waals surface area contributed by atoms with Crippen LogP contribution >= 0.6 is 0 Å². The highest BCUT2D eigenvalue weighted by Crippen LogP contribution is 2.28. The van der Waals surface area contributed by atoms with E-state index in [4.69, 9.17) is 18.9 Å². The van der Waals surface area contributed by atoms with Gasteiger partial charge in [-0.15, -0.1) is 0 Å². The second-order valence-corrected chi connectivity index (χ2v) is 4.54. The van der Waals surface area contributed by atoms with Gasteiger partial charge in [0, 0.05) is 20.1 Å². The van der Waals surface area contributed by atoms with Crippen molar-refractivity contribution in [2.45, 2.75) is 19.8 Å². The van der Waals surface area contributed by atoms with Gasteiger partial charge in [-0.25, -0.2) is 0 Å². The van der Waals surface area contributed by atoms with E-state index in [0.717, 1.165) is 11.3 Å². The van der Waals surface area contributed by atoms with E-state index in [1.165, 1.54) is 0 Å². The fourth-order valence-corrected chi connectivity index (χ4v) is 2.02. The van der Waals surface area contributed by atoms with Crippen LogP contribution in [0.4, 0.5) is 0 Å². The van der Waals surface area contributed by atoms with Crippen molar-refractivity contribution in [1.29, 1.82) is 0 Å². The lowest BCUT2D eigenvalue weighted by atomic mass is 10.1. The summed E-state index contributed by atoms with van der Waals surface area (Å²) in [5.74, 6) is 1.43. The van der Waals surface area contributed by atoms with Gasteiger partial charge in [0.2, 0.25) is 6.29 Å². The summed E-state index contributed by atoms with van der Waals surface area (Å²) in [7, 11) is 3.14. The van der Waals surface area contributed by atoms with E-state index >= 15 is 0 Å². The predicted octanol–water partition coefficient (Wildman–Crippen LogP) is 3.21. The Balaban J connectivity index is 2.14. The van der Waals surface area contributed by atoms with E-state index in [1.807, 2.05) is 43.3 Å². The third kappa shape index (κ3) is 3.40. The van der Waals surface area contributed by atoms with Crippen LogP contribution in [0.5, 0.6) is 0 Å². The average Bonchev–Trinajstić information content (AvgIpc) is 2.49. The number of benzene rings is 1. The van der Waals surface area contributed by atoms with Gasteiger partial charge >= 0.3 is 0 Å². The second-order valence-electron chi connectivity index (χ2n) is 4.54. The van der Waals surface area contributed by atoms with Crippen LogP contribution < -0.4 is 0 Å². The predicted molar refractivity (Wildman–Crippen MR) is 75.5 cm³/mol. The van der Waals surface area contributed by atoms with Gasteiger partial charge in [-0.3, -0.25) is 0 Å². The summed E-state index contributed by atoms with van der Waals surface area (Å²) >= 11 is 0. The molecule has 1 atom stereocenters. The molecule has 0 amide bonds. The molecule has 0 spiro atoms. The van der Waals surface area contributed by atoms with Gasteiger partial charge in [0.05, 0.1) is 6.26 Å². The van der Waals surface area contributed by atoms with Crippen LogP contribution in [0.2, 0.25) is 0 Å². The Morgan fingerprint density at radius 1 is 1.15 bits per heavy atom. The van der Waals surface area contributed by atoms with Crippen molar-refractivity contribution in [3.8, 4) is 0 Å². The van der Waals surface area contributed by atoms with E-state index in [1.54, 1.807) is 20.5 Å². The summed E-state index contributed by atoms with van der Waals surface area (Å²) in [5.41, 5.74) is 1.10. The average molecular weight is 276 g/mol. The Labute approximate surface area is 119 Å². The second kappa shape index (κ2) is 7.12. The number of allylic oxidation sites excluding steroid dienone is 1. The van der Waals surface area contributed by atoms with Crippen molar-refractivity contribution >= 4 is 0 Å². The minimum atomic E-state index is -0.562. The zero-order chi connectivity index (χ0) is 14.4. The molecular weight excluding hydrogens is 256 g/mol. The highest BCUT2D eigenvalue weighted by molar-refractivity contribution is 5.19. The standard InChI is InChI=1S/C16H20O4/c1-12-9-10-19-15(16(17-2)18-3)14(12)20-11-13-7-5-4-6-8-13/h4-10,12,16H,11H2,1-3H3. The molecular formula is C16H20O4. The lowest BCUT2D eigenvalue weighted by molar-refractivity contribution is -0.104. The molecule has 1 aliphatic rings. The van der Waals surface area contributed by atoms with Gasteiger partial charge in [-0.1, -0.05) is 37.3 Å².